The smallest absolute Gasteiger partial charge is 0.218 e. The van der Waals surface area contributed by atoms with Gasteiger partial charge in [0.05, 0.1) is 6.34 Å². The van der Waals surface area contributed by atoms with Crippen LogP contribution in [0.25, 0.3) is 0 Å². The van der Waals surface area contributed by atoms with Gasteiger partial charge in [0.2, 0.25) is 5.96 Å². The second kappa shape index (κ2) is 5.09. The van der Waals surface area contributed by atoms with Crippen LogP contribution in [0.2, 0.25) is 0 Å². The number of rotatable bonds is 2. The van der Waals surface area contributed by atoms with Crippen LogP contribution in [0.3, 0.4) is 0 Å². The zero-order valence-electron chi connectivity index (χ0n) is 10.6. The van der Waals surface area contributed by atoms with Crippen molar-refractivity contribution < 1.29 is 5.11 Å². The van der Waals surface area contributed by atoms with Crippen LogP contribution >= 0.6 is 11.6 Å². The van der Waals surface area contributed by atoms with Gasteiger partial charge in [0, 0.05) is 18.6 Å². The fourth-order valence-electron chi connectivity index (χ4n) is 3.19. The number of aliphatic hydroxyl groups is 1. The Hall–Kier alpha value is -1.14. The van der Waals surface area contributed by atoms with E-state index in [1.54, 1.807) is 6.34 Å². The highest BCUT2D eigenvalue weighted by atomic mass is 35.5. The molecule has 104 valence electrons. The molecule has 7 heteroatoms. The summed E-state index contributed by atoms with van der Waals surface area (Å²) in [5.74, 6) is 0.478. The summed E-state index contributed by atoms with van der Waals surface area (Å²) >= 11 is 6.09. The van der Waals surface area contributed by atoms with E-state index in [1.807, 2.05) is 0 Å². The first-order chi connectivity index (χ1) is 9.20. The Kier molecular flexibility index (Phi) is 3.45. The van der Waals surface area contributed by atoms with E-state index < -0.39 is 0 Å². The Bertz CT molecular complexity index is 449. The van der Waals surface area contributed by atoms with Gasteiger partial charge in [-0.25, -0.2) is 9.98 Å². The molecule has 0 spiro atoms. The first kappa shape index (κ1) is 12.9. The summed E-state index contributed by atoms with van der Waals surface area (Å²) in [7, 11) is 0. The van der Waals surface area contributed by atoms with Crippen molar-refractivity contribution in [3.63, 3.8) is 0 Å². The van der Waals surface area contributed by atoms with E-state index in [0.717, 1.165) is 12.8 Å². The van der Waals surface area contributed by atoms with Gasteiger partial charge in [0.1, 0.15) is 11.2 Å². The molecule has 6 nitrogen and oxygen atoms in total. The highest BCUT2D eigenvalue weighted by Gasteiger charge is 2.42. The van der Waals surface area contributed by atoms with Crippen LogP contribution in [0.15, 0.2) is 15.0 Å². The lowest BCUT2D eigenvalue weighted by Gasteiger charge is -2.40. The highest BCUT2D eigenvalue weighted by Crippen LogP contribution is 2.33. The van der Waals surface area contributed by atoms with Crippen LogP contribution < -0.4 is 5.73 Å². The Labute approximate surface area is 117 Å². The zero-order chi connectivity index (χ0) is 13.4. The molecule has 1 aliphatic carbocycles. The molecule has 4 atom stereocenters. The van der Waals surface area contributed by atoms with Gasteiger partial charge in [0.15, 0.2) is 6.17 Å². The number of fused-ring (bicyclic) bond motifs is 1. The molecule has 2 unspecified atom stereocenters. The van der Waals surface area contributed by atoms with Gasteiger partial charge in [-0.15, -0.1) is 0 Å². The van der Waals surface area contributed by atoms with Crippen molar-refractivity contribution in [2.75, 3.05) is 6.61 Å². The summed E-state index contributed by atoms with van der Waals surface area (Å²) in [4.78, 5) is 14.8. The van der Waals surface area contributed by atoms with Crippen LogP contribution in [0.4, 0.5) is 0 Å². The van der Waals surface area contributed by atoms with Crippen molar-refractivity contribution in [1.82, 2.24) is 4.90 Å². The van der Waals surface area contributed by atoms with E-state index in [1.165, 1.54) is 12.8 Å². The number of halogens is 1. The van der Waals surface area contributed by atoms with Crippen molar-refractivity contribution in [2.45, 2.75) is 43.9 Å². The fourth-order valence-corrected chi connectivity index (χ4v) is 3.45. The molecule has 3 rings (SSSR count). The second-order valence-corrected chi connectivity index (χ2v) is 5.67. The first-order valence-corrected chi connectivity index (χ1v) is 7.07. The van der Waals surface area contributed by atoms with E-state index in [4.69, 9.17) is 17.3 Å². The lowest BCUT2D eigenvalue weighted by molar-refractivity contribution is 0.0940. The van der Waals surface area contributed by atoms with Gasteiger partial charge in [-0.1, -0.05) is 24.4 Å². The van der Waals surface area contributed by atoms with Gasteiger partial charge in [0.25, 0.3) is 0 Å². The van der Waals surface area contributed by atoms with E-state index >= 15 is 0 Å². The highest BCUT2D eigenvalue weighted by molar-refractivity contribution is 6.67. The lowest BCUT2D eigenvalue weighted by Crippen LogP contribution is -2.50. The summed E-state index contributed by atoms with van der Waals surface area (Å²) in [6.45, 7) is 0.202. The van der Waals surface area contributed by atoms with Crippen LogP contribution in [-0.4, -0.2) is 52.3 Å². The molecular formula is C12H18ClN5O. The molecule has 0 amide bonds. The molecule has 0 radical (unpaired) electrons. The normalized spacial score (nSPS) is 37.9. The standard InChI is InChI=1S/C12H18ClN5O/c13-10-9-11(17-12(14)16-10)18(6-15-9)8-4-2-1-3-7(8)5-19/h6-9,11,19H,1-5H2,(H2,14,17)/t7-,8-,9?,11?/m0/s1. The fraction of sp³-hybridized carbons (Fsp3) is 0.750. The van der Waals surface area contributed by atoms with Gasteiger partial charge >= 0.3 is 0 Å². The molecule has 2 aliphatic heterocycles. The predicted octanol–water partition coefficient (Wildman–Crippen LogP) is 0.542. The van der Waals surface area contributed by atoms with E-state index in [0.29, 0.717) is 5.17 Å². The Balaban J connectivity index is 1.83. The zero-order valence-corrected chi connectivity index (χ0v) is 11.4. The minimum atomic E-state index is -0.241. The summed E-state index contributed by atoms with van der Waals surface area (Å²) in [6.07, 6.45) is 6.04. The van der Waals surface area contributed by atoms with Crippen molar-refractivity contribution >= 4 is 29.1 Å². The van der Waals surface area contributed by atoms with E-state index in [9.17, 15) is 5.11 Å². The molecule has 1 saturated carbocycles. The number of nitrogens with zero attached hydrogens (tertiary/aromatic N) is 4. The molecule has 0 bridgehead atoms. The molecule has 0 aromatic heterocycles. The summed E-state index contributed by atoms with van der Waals surface area (Å²) < 4.78 is 0. The molecule has 3 aliphatic rings. The molecule has 0 aromatic carbocycles. The van der Waals surface area contributed by atoms with Crippen LogP contribution in [-0.2, 0) is 0 Å². The Morgan fingerprint density at radius 2 is 2.21 bits per heavy atom. The maximum atomic E-state index is 9.54. The van der Waals surface area contributed by atoms with Crippen molar-refractivity contribution in [3.05, 3.63) is 0 Å². The average molecular weight is 284 g/mol. The second-order valence-electron chi connectivity index (χ2n) is 5.29. The number of aliphatic hydroxyl groups excluding tert-OH is 1. The predicted molar refractivity (Wildman–Crippen MR) is 75.6 cm³/mol. The van der Waals surface area contributed by atoms with Crippen LogP contribution in [0.5, 0.6) is 0 Å². The van der Waals surface area contributed by atoms with Crippen molar-refractivity contribution in [1.29, 1.82) is 0 Å². The minimum absolute atomic E-state index is 0.192. The third kappa shape index (κ3) is 2.23. The third-order valence-electron chi connectivity index (χ3n) is 4.16. The van der Waals surface area contributed by atoms with Gasteiger partial charge in [-0.2, -0.15) is 0 Å². The topological polar surface area (TPSA) is 86.6 Å². The Morgan fingerprint density at radius 1 is 1.42 bits per heavy atom. The summed E-state index contributed by atoms with van der Waals surface area (Å²) in [5, 5.41) is 9.94. The summed E-state index contributed by atoms with van der Waals surface area (Å²) in [6, 6.07) is 0.0202. The number of hydrogen-bond acceptors (Lipinski definition) is 6. The number of nitrogens with two attached hydrogens (primary N) is 1. The quantitative estimate of drug-likeness (QED) is 0.775. The first-order valence-electron chi connectivity index (χ1n) is 6.69. The maximum absolute atomic E-state index is 9.54. The van der Waals surface area contributed by atoms with Crippen molar-refractivity contribution in [2.24, 2.45) is 26.6 Å². The third-order valence-corrected chi connectivity index (χ3v) is 4.47. The van der Waals surface area contributed by atoms with Crippen molar-refractivity contribution in [3.8, 4) is 0 Å². The number of aliphatic imine (C=N–C) groups is 3. The number of guanidine groups is 1. The minimum Gasteiger partial charge on any atom is -0.396 e. The van der Waals surface area contributed by atoms with E-state index in [-0.39, 0.29) is 36.7 Å². The molecule has 0 aromatic rings. The van der Waals surface area contributed by atoms with E-state index in [2.05, 4.69) is 19.9 Å². The SMILES string of the molecule is NC1=NC2C(N=CN2[C@H]2CCCC[C@H]2CO)C(Cl)=N1. The van der Waals surface area contributed by atoms with Gasteiger partial charge < -0.3 is 15.7 Å². The molecule has 2 heterocycles. The van der Waals surface area contributed by atoms with Crippen LogP contribution in [0.1, 0.15) is 25.7 Å². The average Bonchev–Trinajstić information content (AvgIpc) is 2.82. The monoisotopic (exact) mass is 283 g/mol. The molecule has 1 fully saturated rings. The molecule has 3 N–H and O–H groups in total. The molecule has 0 saturated heterocycles. The number of hydrogen-bond donors (Lipinski definition) is 2. The largest absolute Gasteiger partial charge is 0.396 e. The van der Waals surface area contributed by atoms with Gasteiger partial charge in [-0.05, 0) is 12.8 Å². The molecule has 19 heavy (non-hydrogen) atoms. The Morgan fingerprint density at radius 3 is 3.00 bits per heavy atom. The van der Waals surface area contributed by atoms with Gasteiger partial charge in [-0.3, -0.25) is 4.99 Å². The van der Waals surface area contributed by atoms with Crippen LogP contribution in [0, 0.1) is 5.92 Å². The lowest BCUT2D eigenvalue weighted by atomic mass is 9.84. The maximum Gasteiger partial charge on any atom is 0.218 e. The molecular weight excluding hydrogens is 266 g/mol. The summed E-state index contributed by atoms with van der Waals surface area (Å²) in [5.41, 5.74) is 5.69.